The molecule has 5 aromatic rings. The molecule has 1 fully saturated rings. The SMILES string of the molecule is O=C(O)c1ccc(Oc2ccc3nc(NC(=O)C(Oc4ccc(F)cc4F)c4ccc(S(=O)(=O)C5CC5)cc4)sc3n2)cc1. The Balaban J connectivity index is 1.24. The summed E-state index contributed by atoms with van der Waals surface area (Å²) in [6, 6.07) is 17.2. The molecule has 6 rings (SSSR count). The molecule has 2 N–H and O–H groups in total. The molecular formula is C30H21F2N3O7S2. The molecule has 0 bridgehead atoms. The Morgan fingerprint density at radius 1 is 0.955 bits per heavy atom. The lowest BCUT2D eigenvalue weighted by molar-refractivity contribution is -0.123. The van der Waals surface area contributed by atoms with E-state index in [1.54, 1.807) is 12.1 Å². The zero-order valence-electron chi connectivity index (χ0n) is 22.4. The number of aromatic nitrogens is 2. The predicted molar refractivity (Wildman–Crippen MR) is 156 cm³/mol. The minimum Gasteiger partial charge on any atom is -0.478 e. The molecule has 224 valence electrons. The summed E-state index contributed by atoms with van der Waals surface area (Å²) in [6.07, 6.45) is -0.278. The van der Waals surface area contributed by atoms with Crippen LogP contribution in [0.4, 0.5) is 13.9 Å². The summed E-state index contributed by atoms with van der Waals surface area (Å²) in [4.78, 5) is 33.8. The molecule has 0 spiro atoms. The fraction of sp³-hybridized carbons (Fsp3) is 0.133. The number of thiazole rings is 1. The van der Waals surface area contributed by atoms with Crippen molar-refractivity contribution < 1.29 is 41.4 Å². The maximum absolute atomic E-state index is 14.5. The number of halogens is 2. The molecule has 0 aliphatic heterocycles. The number of benzene rings is 3. The van der Waals surface area contributed by atoms with Crippen LogP contribution in [0.25, 0.3) is 10.3 Å². The molecule has 1 atom stereocenters. The molecule has 0 radical (unpaired) electrons. The van der Waals surface area contributed by atoms with Gasteiger partial charge in [0, 0.05) is 17.7 Å². The lowest BCUT2D eigenvalue weighted by Crippen LogP contribution is -2.26. The third kappa shape index (κ3) is 6.21. The number of carbonyl (C=O) groups excluding carboxylic acids is 1. The van der Waals surface area contributed by atoms with Crippen LogP contribution >= 0.6 is 11.3 Å². The van der Waals surface area contributed by atoms with E-state index in [1.165, 1.54) is 48.5 Å². The van der Waals surface area contributed by atoms with E-state index in [1.807, 2.05) is 0 Å². The van der Waals surface area contributed by atoms with Crippen molar-refractivity contribution in [3.05, 3.63) is 102 Å². The van der Waals surface area contributed by atoms with Crippen molar-refractivity contribution >= 4 is 48.5 Å². The standard InChI is InChI=1S/C30H21F2N3O7S2/c31-18-5-13-24(22(32)15-18)42-26(16-3-8-20(9-4-16)44(39,40)21-10-11-21)27(36)35-30-33-23-12-14-25(34-28(23)43-30)41-19-6-1-17(2-7-19)29(37)38/h1-9,12-15,21,26H,10-11H2,(H,37,38)(H,33,35,36). The smallest absolute Gasteiger partial charge is 0.335 e. The number of carbonyl (C=O) groups is 2. The second-order valence-electron chi connectivity index (χ2n) is 9.80. The van der Waals surface area contributed by atoms with E-state index in [9.17, 15) is 26.8 Å². The van der Waals surface area contributed by atoms with Gasteiger partial charge >= 0.3 is 5.97 Å². The third-order valence-corrected chi connectivity index (χ3v) is 9.79. The molecular weight excluding hydrogens is 616 g/mol. The summed E-state index contributed by atoms with van der Waals surface area (Å²) < 4.78 is 64.6. The van der Waals surface area contributed by atoms with Crippen molar-refractivity contribution in [2.24, 2.45) is 0 Å². The van der Waals surface area contributed by atoms with Crippen LogP contribution in [-0.4, -0.2) is 40.6 Å². The topological polar surface area (TPSA) is 145 Å². The fourth-order valence-corrected chi connectivity index (χ4v) is 6.73. The van der Waals surface area contributed by atoms with E-state index in [0.29, 0.717) is 35.0 Å². The second-order valence-corrected chi connectivity index (χ2v) is 13.0. The Labute approximate surface area is 252 Å². The minimum atomic E-state index is -3.48. The van der Waals surface area contributed by atoms with Crippen LogP contribution in [0.5, 0.6) is 17.4 Å². The first kappa shape index (κ1) is 29.1. The highest BCUT2D eigenvalue weighted by Gasteiger charge is 2.37. The summed E-state index contributed by atoms with van der Waals surface area (Å²) in [6.45, 7) is 0. The molecule has 1 amide bonds. The number of rotatable bonds is 10. The van der Waals surface area contributed by atoms with Crippen LogP contribution in [0.15, 0.2) is 83.8 Å². The highest BCUT2D eigenvalue weighted by Crippen LogP contribution is 2.35. The molecule has 2 heterocycles. The summed E-state index contributed by atoms with van der Waals surface area (Å²) in [5, 5.41) is 11.4. The Bertz CT molecular complexity index is 2000. The van der Waals surface area contributed by atoms with Crippen molar-refractivity contribution in [3.8, 4) is 17.4 Å². The van der Waals surface area contributed by atoms with Crippen molar-refractivity contribution in [1.29, 1.82) is 0 Å². The lowest BCUT2D eigenvalue weighted by Gasteiger charge is -2.19. The first-order chi connectivity index (χ1) is 21.1. The second kappa shape index (κ2) is 11.6. The van der Waals surface area contributed by atoms with Crippen LogP contribution in [0, 0.1) is 11.6 Å². The van der Waals surface area contributed by atoms with Crippen LogP contribution < -0.4 is 14.8 Å². The zero-order chi connectivity index (χ0) is 31.0. The van der Waals surface area contributed by atoms with Gasteiger partial charge in [-0.25, -0.2) is 32.0 Å². The maximum Gasteiger partial charge on any atom is 0.335 e. The van der Waals surface area contributed by atoms with Crippen molar-refractivity contribution in [2.45, 2.75) is 29.1 Å². The molecule has 2 aromatic heterocycles. The van der Waals surface area contributed by atoms with Crippen molar-refractivity contribution in [1.82, 2.24) is 9.97 Å². The van der Waals surface area contributed by atoms with E-state index in [2.05, 4.69) is 15.3 Å². The number of carboxylic acids is 1. The Morgan fingerprint density at radius 2 is 1.68 bits per heavy atom. The van der Waals surface area contributed by atoms with Gasteiger partial charge in [0.05, 0.1) is 15.7 Å². The summed E-state index contributed by atoms with van der Waals surface area (Å²) in [5.41, 5.74) is 0.771. The highest BCUT2D eigenvalue weighted by atomic mass is 32.2. The Morgan fingerprint density at radius 3 is 2.34 bits per heavy atom. The number of hydrogen-bond donors (Lipinski definition) is 2. The van der Waals surface area contributed by atoms with E-state index in [4.69, 9.17) is 14.6 Å². The van der Waals surface area contributed by atoms with Gasteiger partial charge in [0.25, 0.3) is 5.91 Å². The van der Waals surface area contributed by atoms with Crippen molar-refractivity contribution in [3.63, 3.8) is 0 Å². The first-order valence-electron chi connectivity index (χ1n) is 13.1. The van der Waals surface area contributed by atoms with Crippen LogP contribution in [0.2, 0.25) is 0 Å². The maximum atomic E-state index is 14.5. The monoisotopic (exact) mass is 637 g/mol. The number of hydrogen-bond acceptors (Lipinski definition) is 9. The van der Waals surface area contributed by atoms with Gasteiger partial charge in [0.2, 0.25) is 12.0 Å². The fourth-order valence-electron chi connectivity index (χ4n) is 4.24. The molecule has 1 aliphatic carbocycles. The number of aromatic carboxylic acids is 1. The molecule has 14 heteroatoms. The number of pyridine rings is 1. The molecule has 1 saturated carbocycles. The van der Waals surface area contributed by atoms with Gasteiger partial charge in [-0.05, 0) is 67.4 Å². The number of nitrogens with one attached hydrogen (secondary N) is 1. The summed E-state index contributed by atoms with van der Waals surface area (Å²) in [7, 11) is -3.48. The van der Waals surface area contributed by atoms with Gasteiger partial charge in [-0.1, -0.05) is 23.5 Å². The number of anilines is 1. The number of ether oxygens (including phenoxy) is 2. The number of carboxylic acid groups (broad SMARTS) is 1. The van der Waals surface area contributed by atoms with Gasteiger partial charge in [0.1, 0.15) is 21.9 Å². The molecule has 1 unspecified atom stereocenters. The molecule has 1 aliphatic rings. The summed E-state index contributed by atoms with van der Waals surface area (Å²) in [5.74, 6) is -3.48. The highest BCUT2D eigenvalue weighted by molar-refractivity contribution is 7.92. The van der Waals surface area contributed by atoms with Crippen LogP contribution in [-0.2, 0) is 14.6 Å². The van der Waals surface area contributed by atoms with Crippen LogP contribution in [0.1, 0.15) is 34.9 Å². The van der Waals surface area contributed by atoms with E-state index < -0.39 is 44.7 Å². The minimum absolute atomic E-state index is 0.101. The molecule has 10 nitrogen and oxygen atoms in total. The van der Waals surface area contributed by atoms with Gasteiger partial charge in [-0.3, -0.25) is 10.1 Å². The Hall–Kier alpha value is -4.95. The molecule has 44 heavy (non-hydrogen) atoms. The van der Waals surface area contributed by atoms with Gasteiger partial charge in [-0.15, -0.1) is 0 Å². The number of fused-ring (bicyclic) bond motifs is 1. The zero-order valence-corrected chi connectivity index (χ0v) is 24.1. The lowest BCUT2D eigenvalue weighted by atomic mass is 10.1. The van der Waals surface area contributed by atoms with Crippen LogP contribution in [0.3, 0.4) is 0 Å². The largest absolute Gasteiger partial charge is 0.478 e. The van der Waals surface area contributed by atoms with E-state index >= 15 is 0 Å². The first-order valence-corrected chi connectivity index (χ1v) is 15.5. The predicted octanol–water partition coefficient (Wildman–Crippen LogP) is 6.15. The number of nitrogens with zero attached hydrogens (tertiary/aromatic N) is 2. The van der Waals surface area contributed by atoms with E-state index in [0.717, 1.165) is 23.5 Å². The third-order valence-electron chi connectivity index (χ3n) is 6.64. The molecule has 3 aromatic carbocycles. The number of amides is 1. The van der Waals surface area contributed by atoms with Gasteiger partial charge < -0.3 is 14.6 Å². The van der Waals surface area contributed by atoms with Gasteiger partial charge in [-0.2, -0.15) is 0 Å². The average molecular weight is 638 g/mol. The normalized spacial score (nSPS) is 13.8. The quantitative estimate of drug-likeness (QED) is 0.184. The number of sulfone groups is 1. The average Bonchev–Trinajstić information content (AvgIpc) is 3.79. The van der Waals surface area contributed by atoms with E-state index in [-0.39, 0.29) is 32.8 Å². The van der Waals surface area contributed by atoms with Gasteiger partial charge in [0.15, 0.2) is 26.5 Å². The summed E-state index contributed by atoms with van der Waals surface area (Å²) >= 11 is 1.03. The Kier molecular flexibility index (Phi) is 7.69. The van der Waals surface area contributed by atoms with Crippen molar-refractivity contribution in [2.75, 3.05) is 5.32 Å². The molecule has 0 saturated heterocycles.